The van der Waals surface area contributed by atoms with Crippen molar-refractivity contribution >= 4 is 54.1 Å². The minimum absolute atomic E-state index is 0.633. The Hall–Kier alpha value is -7.43. The maximum atomic E-state index is 5.40. The topological polar surface area (TPSA) is 43.6 Å². The minimum Gasteiger partial charge on any atom is -0.309 e. The van der Waals surface area contributed by atoms with Gasteiger partial charge >= 0.3 is 0 Å². The van der Waals surface area contributed by atoms with Crippen molar-refractivity contribution < 1.29 is 0 Å². The Bertz CT molecular complexity index is 3260. The van der Waals surface area contributed by atoms with Gasteiger partial charge in [-0.3, -0.25) is 0 Å². The molecule has 0 fully saturated rings. The number of rotatable bonds is 5. The van der Waals surface area contributed by atoms with Crippen molar-refractivity contribution in [3.63, 3.8) is 0 Å². The standard InChI is InChI=1S/C51H32N4/c1-3-16-34(17-4-1)49-52-50(54-51(53-49)48-40-23-10-8-18-35(40)31-44-38-21-9-7-15-33(38)27-29-42(44)48)43-25-12-11-22-39(43)36-28-30-47-45(32-36)41-24-13-14-26-46(41)55(47)37-19-5-2-6-20-37/h1-32H. The van der Waals surface area contributed by atoms with Gasteiger partial charge in [0, 0.05) is 33.2 Å². The van der Waals surface area contributed by atoms with Crippen LogP contribution in [0, 0.1) is 0 Å². The molecule has 11 aromatic rings. The van der Waals surface area contributed by atoms with Gasteiger partial charge in [0.2, 0.25) is 0 Å². The molecule has 4 heteroatoms. The van der Waals surface area contributed by atoms with Gasteiger partial charge in [-0.1, -0.05) is 158 Å². The summed E-state index contributed by atoms with van der Waals surface area (Å²) in [6.45, 7) is 0. The van der Waals surface area contributed by atoms with E-state index in [2.05, 4.69) is 180 Å². The lowest BCUT2D eigenvalue weighted by molar-refractivity contribution is 1.08. The van der Waals surface area contributed by atoms with Crippen molar-refractivity contribution in [1.29, 1.82) is 0 Å². The van der Waals surface area contributed by atoms with Gasteiger partial charge in [0.1, 0.15) is 0 Å². The molecule has 55 heavy (non-hydrogen) atoms. The van der Waals surface area contributed by atoms with Crippen molar-refractivity contribution in [2.24, 2.45) is 0 Å². The maximum absolute atomic E-state index is 5.40. The molecule has 0 aliphatic carbocycles. The summed E-state index contributed by atoms with van der Waals surface area (Å²) < 4.78 is 2.35. The number of nitrogens with zero attached hydrogens (tertiary/aromatic N) is 4. The summed E-state index contributed by atoms with van der Waals surface area (Å²) in [7, 11) is 0. The lowest BCUT2D eigenvalue weighted by Crippen LogP contribution is -2.02. The van der Waals surface area contributed by atoms with E-state index < -0.39 is 0 Å². The molecule has 0 N–H and O–H groups in total. The highest BCUT2D eigenvalue weighted by atomic mass is 15.0. The zero-order chi connectivity index (χ0) is 36.3. The van der Waals surface area contributed by atoms with Crippen molar-refractivity contribution in [1.82, 2.24) is 19.5 Å². The van der Waals surface area contributed by atoms with Crippen LogP contribution in [0.15, 0.2) is 194 Å². The third-order valence-electron chi connectivity index (χ3n) is 10.8. The Labute approximate surface area is 317 Å². The molecule has 0 saturated carbocycles. The molecule has 4 nitrogen and oxygen atoms in total. The molecule has 11 rings (SSSR count). The highest BCUT2D eigenvalue weighted by Gasteiger charge is 2.20. The van der Waals surface area contributed by atoms with Crippen molar-refractivity contribution in [3.8, 4) is 51.0 Å². The van der Waals surface area contributed by atoms with E-state index >= 15 is 0 Å². The first kappa shape index (κ1) is 31.1. The van der Waals surface area contributed by atoms with Crippen LogP contribution in [0.25, 0.3) is 105 Å². The number of para-hydroxylation sites is 2. The van der Waals surface area contributed by atoms with E-state index in [1.165, 1.54) is 32.4 Å². The van der Waals surface area contributed by atoms with Gasteiger partial charge in [0.25, 0.3) is 0 Å². The summed E-state index contributed by atoms with van der Waals surface area (Å²) in [5.41, 5.74) is 8.54. The molecule has 0 unspecified atom stereocenters. The summed E-state index contributed by atoms with van der Waals surface area (Å²) in [6, 6.07) is 68.6. The Balaban J connectivity index is 1.16. The van der Waals surface area contributed by atoms with E-state index in [1.807, 2.05) is 18.2 Å². The zero-order valence-electron chi connectivity index (χ0n) is 29.8. The van der Waals surface area contributed by atoms with Gasteiger partial charge in [0.15, 0.2) is 17.5 Å². The highest BCUT2D eigenvalue weighted by Crippen LogP contribution is 2.41. The largest absolute Gasteiger partial charge is 0.309 e. The second-order valence-corrected chi connectivity index (χ2v) is 14.0. The predicted molar refractivity (Wildman–Crippen MR) is 228 cm³/mol. The number of aromatic nitrogens is 4. The average molecular weight is 701 g/mol. The van der Waals surface area contributed by atoms with Crippen LogP contribution in [-0.2, 0) is 0 Å². The first-order valence-corrected chi connectivity index (χ1v) is 18.6. The van der Waals surface area contributed by atoms with Crippen molar-refractivity contribution in [2.75, 3.05) is 0 Å². The Kier molecular flexibility index (Phi) is 7.14. The number of hydrogen-bond acceptors (Lipinski definition) is 3. The quantitative estimate of drug-likeness (QED) is 0.133. The summed E-state index contributed by atoms with van der Waals surface area (Å²) in [4.78, 5) is 15.9. The Morgan fingerprint density at radius 3 is 1.76 bits per heavy atom. The van der Waals surface area contributed by atoms with Crippen LogP contribution in [-0.4, -0.2) is 19.5 Å². The van der Waals surface area contributed by atoms with Crippen LogP contribution in [0.3, 0.4) is 0 Å². The Morgan fingerprint density at radius 1 is 0.309 bits per heavy atom. The lowest BCUT2D eigenvalue weighted by Gasteiger charge is -2.15. The number of fused-ring (bicyclic) bond motifs is 7. The van der Waals surface area contributed by atoms with E-state index in [-0.39, 0.29) is 0 Å². The molecule has 0 radical (unpaired) electrons. The molecule has 0 aliphatic heterocycles. The molecule has 0 bridgehead atoms. The van der Waals surface area contributed by atoms with Crippen LogP contribution in [0.4, 0.5) is 0 Å². The zero-order valence-corrected chi connectivity index (χ0v) is 29.8. The monoisotopic (exact) mass is 700 g/mol. The molecule has 2 heterocycles. The molecule has 0 atom stereocenters. The summed E-state index contributed by atoms with van der Waals surface area (Å²) in [5.74, 6) is 1.92. The third-order valence-corrected chi connectivity index (χ3v) is 10.8. The second-order valence-electron chi connectivity index (χ2n) is 14.0. The highest BCUT2D eigenvalue weighted by molar-refractivity contribution is 6.19. The molecule has 0 aliphatic rings. The third kappa shape index (κ3) is 5.11. The second kappa shape index (κ2) is 12.6. The molecular weight excluding hydrogens is 669 g/mol. The van der Waals surface area contributed by atoms with Crippen LogP contribution in [0.5, 0.6) is 0 Å². The van der Waals surface area contributed by atoms with E-state index in [0.29, 0.717) is 17.5 Å². The number of benzene rings is 9. The summed E-state index contributed by atoms with van der Waals surface area (Å²) in [5, 5.41) is 9.37. The molecule has 0 amide bonds. The molecular formula is C51H32N4. The SMILES string of the molecule is c1ccc(-c2nc(-c3ccccc3-c3ccc4c(c3)c3ccccc3n4-c3ccccc3)nc(-c3c4ccccc4cc4c3ccc3ccccc34)n2)cc1. The molecule has 0 saturated heterocycles. The van der Waals surface area contributed by atoms with E-state index in [4.69, 9.17) is 15.0 Å². The van der Waals surface area contributed by atoms with Gasteiger partial charge in [-0.15, -0.1) is 0 Å². The normalized spacial score (nSPS) is 11.6. The molecule has 9 aromatic carbocycles. The average Bonchev–Trinajstić information content (AvgIpc) is 3.59. The summed E-state index contributed by atoms with van der Waals surface area (Å²) >= 11 is 0. The fraction of sp³-hybridized carbons (Fsp3) is 0. The first-order valence-electron chi connectivity index (χ1n) is 18.6. The van der Waals surface area contributed by atoms with Crippen LogP contribution in [0.2, 0.25) is 0 Å². The van der Waals surface area contributed by atoms with Crippen LogP contribution < -0.4 is 0 Å². The van der Waals surface area contributed by atoms with E-state index in [9.17, 15) is 0 Å². The molecule has 256 valence electrons. The smallest absolute Gasteiger partial charge is 0.165 e. The predicted octanol–water partition coefficient (Wildman–Crippen LogP) is 13.1. The van der Waals surface area contributed by atoms with Gasteiger partial charge in [-0.25, -0.2) is 15.0 Å². The molecule has 0 spiro atoms. The minimum atomic E-state index is 0.633. The van der Waals surface area contributed by atoms with Crippen molar-refractivity contribution in [2.45, 2.75) is 0 Å². The Morgan fingerprint density at radius 2 is 0.927 bits per heavy atom. The van der Waals surface area contributed by atoms with Gasteiger partial charge in [0.05, 0.1) is 11.0 Å². The van der Waals surface area contributed by atoms with Crippen LogP contribution in [0.1, 0.15) is 0 Å². The van der Waals surface area contributed by atoms with Gasteiger partial charge < -0.3 is 4.57 Å². The van der Waals surface area contributed by atoms with E-state index in [1.54, 1.807) is 0 Å². The summed E-state index contributed by atoms with van der Waals surface area (Å²) in [6.07, 6.45) is 0. The van der Waals surface area contributed by atoms with Crippen molar-refractivity contribution in [3.05, 3.63) is 194 Å². The van der Waals surface area contributed by atoms with Gasteiger partial charge in [-0.05, 0) is 79.8 Å². The van der Waals surface area contributed by atoms with Crippen LogP contribution >= 0.6 is 0 Å². The fourth-order valence-electron chi connectivity index (χ4n) is 8.31. The molecule has 2 aromatic heterocycles. The van der Waals surface area contributed by atoms with E-state index in [0.717, 1.165) is 55.2 Å². The maximum Gasteiger partial charge on any atom is 0.165 e. The first-order chi connectivity index (χ1) is 27.3. The lowest BCUT2D eigenvalue weighted by atomic mass is 9.93. The fourth-order valence-corrected chi connectivity index (χ4v) is 8.31. The van der Waals surface area contributed by atoms with Gasteiger partial charge in [-0.2, -0.15) is 0 Å². The number of hydrogen-bond donors (Lipinski definition) is 0.